The van der Waals surface area contributed by atoms with Gasteiger partial charge in [-0.25, -0.2) is 13.2 Å². The molecule has 0 radical (unpaired) electrons. The summed E-state index contributed by atoms with van der Waals surface area (Å²) >= 11 is 4.46. The van der Waals surface area contributed by atoms with E-state index in [-0.39, 0.29) is 8.04 Å². The van der Waals surface area contributed by atoms with Crippen molar-refractivity contribution in [2.45, 2.75) is 0 Å². The zero-order chi connectivity index (χ0) is 8.59. The molecule has 0 N–H and O–H groups in total. The van der Waals surface area contributed by atoms with E-state index in [4.69, 9.17) is 0 Å². The van der Waals surface area contributed by atoms with Gasteiger partial charge in [-0.05, 0) is 44.6 Å². The van der Waals surface area contributed by atoms with Crippen LogP contribution in [0.2, 0.25) is 0 Å². The van der Waals surface area contributed by atoms with Crippen LogP contribution < -0.4 is 0 Å². The van der Waals surface area contributed by atoms with E-state index < -0.39 is 17.5 Å². The number of rotatable bonds is 0. The highest BCUT2D eigenvalue weighted by Gasteiger charge is 2.14. The van der Waals surface area contributed by atoms with Crippen molar-refractivity contribution in [3.63, 3.8) is 0 Å². The Balaban J connectivity index is 3.46. The number of hydrogen-bond acceptors (Lipinski definition) is 0. The lowest BCUT2D eigenvalue weighted by molar-refractivity contribution is 0.442. The van der Waals surface area contributed by atoms with Gasteiger partial charge < -0.3 is 0 Å². The van der Waals surface area contributed by atoms with Crippen molar-refractivity contribution in [1.82, 2.24) is 0 Å². The fraction of sp³-hybridized carbons (Fsp3) is 0. The first-order valence-electron chi connectivity index (χ1n) is 2.52. The normalized spacial score (nSPS) is 10.3. The van der Waals surface area contributed by atoms with Crippen LogP contribution in [0.15, 0.2) is 10.5 Å². The van der Waals surface area contributed by atoms with Gasteiger partial charge in [0.2, 0.25) is 0 Å². The summed E-state index contributed by atoms with van der Waals surface area (Å²) in [6, 6.07) is 0.889. The average Bonchev–Trinajstić information content (AvgIpc) is 1.97. The highest BCUT2D eigenvalue weighted by Crippen LogP contribution is 2.25. The highest BCUT2D eigenvalue weighted by atomic mass is 127. The Morgan fingerprint density at radius 2 is 1.73 bits per heavy atom. The molecule has 0 aliphatic heterocycles. The van der Waals surface area contributed by atoms with E-state index in [0.29, 0.717) is 0 Å². The van der Waals surface area contributed by atoms with Gasteiger partial charge in [0.1, 0.15) is 0 Å². The molecule has 1 aromatic carbocycles. The topological polar surface area (TPSA) is 0 Å². The molecule has 0 nitrogen and oxygen atoms in total. The monoisotopic (exact) mass is 336 g/mol. The minimum absolute atomic E-state index is 0.0431. The first kappa shape index (κ1) is 9.31. The molecule has 60 valence electrons. The van der Waals surface area contributed by atoms with Crippen LogP contribution in [0.5, 0.6) is 0 Å². The van der Waals surface area contributed by atoms with E-state index in [9.17, 15) is 13.2 Å². The summed E-state index contributed by atoms with van der Waals surface area (Å²) in [4.78, 5) is 0. The molecule has 5 heteroatoms. The third-order valence-corrected chi connectivity index (χ3v) is 3.48. The summed E-state index contributed by atoms with van der Waals surface area (Å²) in [6.45, 7) is 0. The fourth-order valence-electron chi connectivity index (χ4n) is 0.544. The van der Waals surface area contributed by atoms with Gasteiger partial charge in [0.25, 0.3) is 0 Å². The molecule has 0 aliphatic rings. The minimum atomic E-state index is -1.43. The van der Waals surface area contributed by atoms with Crippen LogP contribution in [0.3, 0.4) is 0 Å². The third-order valence-electron chi connectivity index (χ3n) is 1.06. The Hall–Kier alpha value is 0.220. The predicted octanol–water partition coefficient (Wildman–Crippen LogP) is 3.47. The van der Waals surface area contributed by atoms with Gasteiger partial charge in [-0.2, -0.15) is 0 Å². The summed E-state index contributed by atoms with van der Waals surface area (Å²) in [5.74, 6) is -3.77. The molecule has 0 saturated heterocycles. The van der Waals surface area contributed by atoms with Gasteiger partial charge in [0.05, 0.1) is 3.57 Å². The molecule has 1 rings (SSSR count). The zero-order valence-electron chi connectivity index (χ0n) is 4.97. The standard InChI is InChI=1S/C6HBrF3I/c7-2-1-3(8)4(9)5(10)6(2)11/h1H. The molecular formula is C6HBrF3I. The van der Waals surface area contributed by atoms with Crippen LogP contribution in [0.1, 0.15) is 0 Å². The molecule has 0 unspecified atom stereocenters. The lowest BCUT2D eigenvalue weighted by atomic mass is 10.3. The fourth-order valence-corrected chi connectivity index (χ4v) is 1.31. The molecule has 0 aliphatic carbocycles. The second-order valence-electron chi connectivity index (χ2n) is 1.78. The van der Waals surface area contributed by atoms with Gasteiger partial charge in [-0.3, -0.25) is 0 Å². The van der Waals surface area contributed by atoms with Crippen molar-refractivity contribution in [2.75, 3.05) is 0 Å². The second kappa shape index (κ2) is 3.30. The number of hydrogen-bond donors (Lipinski definition) is 0. The molecular weight excluding hydrogens is 336 g/mol. The van der Waals surface area contributed by atoms with Gasteiger partial charge in [0, 0.05) is 4.47 Å². The van der Waals surface area contributed by atoms with Crippen molar-refractivity contribution in [2.24, 2.45) is 0 Å². The SMILES string of the molecule is Fc1cc(Br)c(I)c(F)c1F. The maximum Gasteiger partial charge on any atom is 0.195 e. The summed E-state index contributed by atoms with van der Waals surface area (Å²) < 4.78 is 37.6. The van der Waals surface area contributed by atoms with Crippen LogP contribution in [0.4, 0.5) is 13.2 Å². The molecule has 0 saturated carbocycles. The molecule has 0 amide bonds. The zero-order valence-corrected chi connectivity index (χ0v) is 8.71. The molecule has 1 aromatic rings. The molecule has 0 atom stereocenters. The van der Waals surface area contributed by atoms with E-state index in [1.54, 1.807) is 22.6 Å². The van der Waals surface area contributed by atoms with Gasteiger partial charge in [0.15, 0.2) is 17.5 Å². The smallest absolute Gasteiger partial charge is 0.195 e. The minimum Gasteiger partial charge on any atom is -0.204 e. The van der Waals surface area contributed by atoms with E-state index in [1.807, 2.05) is 0 Å². The van der Waals surface area contributed by atoms with Crippen molar-refractivity contribution < 1.29 is 13.2 Å². The quantitative estimate of drug-likeness (QED) is 0.386. The Morgan fingerprint density at radius 3 is 2.27 bits per heavy atom. The lowest BCUT2D eigenvalue weighted by Gasteiger charge is -1.99. The molecule has 0 bridgehead atoms. The van der Waals surface area contributed by atoms with Gasteiger partial charge in [-0.1, -0.05) is 0 Å². The summed E-state index contributed by atoms with van der Waals surface area (Å²) in [5, 5.41) is 0. The van der Waals surface area contributed by atoms with Crippen LogP contribution in [0.25, 0.3) is 0 Å². The van der Waals surface area contributed by atoms with Crippen molar-refractivity contribution in [3.8, 4) is 0 Å². The summed E-state index contributed by atoms with van der Waals surface area (Å²) in [6.07, 6.45) is 0. The molecule has 0 heterocycles. The Morgan fingerprint density at radius 1 is 1.18 bits per heavy atom. The maximum atomic E-state index is 12.6. The van der Waals surface area contributed by atoms with Crippen LogP contribution in [-0.4, -0.2) is 0 Å². The van der Waals surface area contributed by atoms with E-state index in [0.717, 1.165) is 6.07 Å². The predicted molar refractivity (Wildman–Crippen MR) is 46.7 cm³/mol. The van der Waals surface area contributed by atoms with Gasteiger partial charge >= 0.3 is 0 Å². The van der Waals surface area contributed by atoms with Gasteiger partial charge in [-0.15, -0.1) is 0 Å². The van der Waals surface area contributed by atoms with Crippen LogP contribution in [-0.2, 0) is 0 Å². The largest absolute Gasteiger partial charge is 0.204 e. The average molecular weight is 337 g/mol. The van der Waals surface area contributed by atoms with E-state index in [2.05, 4.69) is 15.9 Å². The molecule has 0 aromatic heterocycles. The van der Waals surface area contributed by atoms with Crippen LogP contribution in [0, 0.1) is 21.0 Å². The van der Waals surface area contributed by atoms with Crippen molar-refractivity contribution >= 4 is 38.5 Å². The van der Waals surface area contributed by atoms with E-state index >= 15 is 0 Å². The third kappa shape index (κ3) is 1.69. The Kier molecular flexibility index (Phi) is 2.79. The summed E-state index contributed by atoms with van der Waals surface area (Å²) in [7, 11) is 0. The van der Waals surface area contributed by atoms with Crippen LogP contribution >= 0.6 is 38.5 Å². The van der Waals surface area contributed by atoms with Crippen molar-refractivity contribution in [1.29, 1.82) is 0 Å². The number of halogens is 5. The Bertz CT molecular complexity index is 274. The van der Waals surface area contributed by atoms with E-state index in [1.165, 1.54) is 0 Å². The summed E-state index contributed by atoms with van der Waals surface area (Å²) in [5.41, 5.74) is 0. The van der Waals surface area contributed by atoms with Crippen molar-refractivity contribution in [3.05, 3.63) is 31.6 Å². The first-order chi connectivity index (χ1) is 5.04. The molecule has 0 spiro atoms. The molecule has 0 fully saturated rings. The second-order valence-corrected chi connectivity index (χ2v) is 3.72. The number of benzene rings is 1. The highest BCUT2D eigenvalue weighted by molar-refractivity contribution is 14.1. The first-order valence-corrected chi connectivity index (χ1v) is 4.39. The lowest BCUT2D eigenvalue weighted by Crippen LogP contribution is -1.94. The molecule has 11 heavy (non-hydrogen) atoms. The Labute approximate surface area is 83.1 Å². The maximum absolute atomic E-state index is 12.6.